The van der Waals surface area contributed by atoms with Crippen LogP contribution in [0, 0.1) is 39.4 Å². The van der Waals surface area contributed by atoms with E-state index >= 15 is 0 Å². The molecule has 1 spiro atoms. The minimum Gasteiger partial charge on any atom is -0.726 e. The van der Waals surface area contributed by atoms with Crippen LogP contribution >= 0.6 is 0 Å². The zero-order valence-corrected chi connectivity index (χ0v) is 45.4. The third-order valence-electron chi connectivity index (χ3n) is 18.4. The number of allylic oxidation sites excluding steroid dienone is 2. The van der Waals surface area contributed by atoms with Gasteiger partial charge in [-0.1, -0.05) is 51.5 Å². The van der Waals surface area contributed by atoms with Crippen LogP contribution in [0.2, 0.25) is 0 Å². The molecule has 9 rings (SSSR count). The summed E-state index contributed by atoms with van der Waals surface area (Å²) in [6, 6.07) is 0. The van der Waals surface area contributed by atoms with Gasteiger partial charge < -0.3 is 92.8 Å². The number of aliphatic hydroxyl groups excluding tert-OH is 8. The molecule has 5 aliphatic heterocycles. The van der Waals surface area contributed by atoms with Crippen LogP contribution < -0.4 is 29.6 Å². The quantitative estimate of drug-likeness (QED) is 0.0285. The number of esters is 1. The maximum absolute atomic E-state index is 13.7. The van der Waals surface area contributed by atoms with Crippen molar-refractivity contribution in [3.8, 4) is 0 Å². The molecule has 3 saturated carbocycles. The van der Waals surface area contributed by atoms with Gasteiger partial charge in [-0.05, 0) is 75.0 Å². The van der Waals surface area contributed by atoms with Crippen molar-refractivity contribution >= 4 is 16.4 Å². The molecule has 8 fully saturated rings. The maximum atomic E-state index is 13.7. The molecular formula is C48H73NaO23S. The first kappa shape index (κ1) is 58.3. The molecular weight excluding hydrogens is 1000 g/mol. The van der Waals surface area contributed by atoms with E-state index < -0.39 is 151 Å². The molecule has 410 valence electrons. The number of methoxy groups -OCH3 is 1. The molecule has 25 heteroatoms. The molecule has 73 heavy (non-hydrogen) atoms. The van der Waals surface area contributed by atoms with Crippen molar-refractivity contribution in [1.82, 2.24) is 0 Å². The minimum absolute atomic E-state index is 0. The summed E-state index contributed by atoms with van der Waals surface area (Å²) in [6.07, 6.45) is -23.5. The Bertz CT molecular complexity index is 2170. The van der Waals surface area contributed by atoms with Gasteiger partial charge in [0.2, 0.25) is 10.4 Å². The Kier molecular flexibility index (Phi) is 17.0. The Morgan fingerprint density at radius 1 is 0.808 bits per heavy atom. The molecule has 5 saturated heterocycles. The number of hydrogen-bond donors (Lipinski definition) is 8. The number of rotatable bonds is 13. The van der Waals surface area contributed by atoms with Gasteiger partial charge in [-0.25, -0.2) is 8.42 Å². The fourth-order valence-corrected chi connectivity index (χ4v) is 15.4. The van der Waals surface area contributed by atoms with Crippen molar-refractivity contribution in [2.75, 3.05) is 26.9 Å². The first-order chi connectivity index (χ1) is 33.7. The molecule has 9 aliphatic rings. The average Bonchev–Trinajstić information content (AvgIpc) is 3.74. The zero-order chi connectivity index (χ0) is 52.4. The van der Waals surface area contributed by atoms with E-state index in [2.05, 4.69) is 44.5 Å². The largest absolute Gasteiger partial charge is 1.00 e. The van der Waals surface area contributed by atoms with E-state index in [-0.39, 0.29) is 76.8 Å². The summed E-state index contributed by atoms with van der Waals surface area (Å²) in [4.78, 5) is 13.7. The van der Waals surface area contributed by atoms with Gasteiger partial charge >= 0.3 is 35.5 Å². The van der Waals surface area contributed by atoms with Crippen molar-refractivity contribution in [2.24, 2.45) is 39.4 Å². The minimum atomic E-state index is -5.38. The third kappa shape index (κ3) is 9.71. The number of fused-ring (bicyclic) bond motifs is 5. The summed E-state index contributed by atoms with van der Waals surface area (Å²) in [7, 11) is -4.14. The Labute approximate surface area is 446 Å². The second-order valence-electron chi connectivity index (χ2n) is 22.7. The Hall–Kier alpha value is -0.860. The van der Waals surface area contributed by atoms with E-state index in [1.54, 1.807) is 0 Å². The van der Waals surface area contributed by atoms with E-state index in [0.29, 0.717) is 19.3 Å². The summed E-state index contributed by atoms with van der Waals surface area (Å²) in [6.45, 7) is 14.7. The van der Waals surface area contributed by atoms with Crippen molar-refractivity contribution in [1.29, 1.82) is 0 Å². The molecule has 0 aromatic rings. The van der Waals surface area contributed by atoms with E-state index in [1.807, 2.05) is 6.92 Å². The van der Waals surface area contributed by atoms with E-state index in [0.717, 1.165) is 24.8 Å². The summed E-state index contributed by atoms with van der Waals surface area (Å²) in [5, 5.41) is 88.2. The third-order valence-corrected chi connectivity index (χ3v) is 18.9. The van der Waals surface area contributed by atoms with Gasteiger partial charge in [0, 0.05) is 18.4 Å². The van der Waals surface area contributed by atoms with Crippen LogP contribution in [0.15, 0.2) is 23.8 Å². The summed E-state index contributed by atoms with van der Waals surface area (Å²) >= 11 is 0. The smallest absolute Gasteiger partial charge is 0.726 e. The van der Waals surface area contributed by atoms with Crippen molar-refractivity contribution in [3.05, 3.63) is 23.8 Å². The standard InChI is InChI=1S/C48H74O23S.Na/c1-19(2)29-24-15-47(7)22-9-10-27-45(4,5)28(12-13-46(27,6)21(22)11-14-48(29,47)44(57)66-24)67-43-39(31(52)26(18-63-43)71-72(58,59)60)70-41-33(54)32(53)36(20(3)64-41)68-42-35(56)38(30(51)25(16-49)65-42)69-40-34(55)37(61-8)23(50)17-62-40;/h9,20-21,23-43,49-56H,1,10-18H2,2-8H3,(H,58,59,60);/q;+1/p-1/t20-,21-,23-,24+,25-,26-,27+,28+,29+,30-,31+,32-,33-,34-,35-,36-,37+,38+,39-,40+,41+,42+,43+,46-,47+,48-;/m1./s1. The van der Waals surface area contributed by atoms with Gasteiger partial charge in [0.1, 0.15) is 85.5 Å². The van der Waals surface area contributed by atoms with Crippen LogP contribution in [0.5, 0.6) is 0 Å². The van der Waals surface area contributed by atoms with Gasteiger partial charge in [-0.15, -0.1) is 0 Å². The maximum Gasteiger partial charge on any atom is 1.00 e. The van der Waals surface area contributed by atoms with Crippen molar-refractivity contribution in [2.45, 2.75) is 203 Å². The number of hydrogen-bond acceptors (Lipinski definition) is 23. The fourth-order valence-electron chi connectivity index (χ4n) is 14.9. The molecule has 0 aromatic carbocycles. The molecule has 8 N–H and O–H groups in total. The van der Waals surface area contributed by atoms with Gasteiger partial charge in [0.15, 0.2) is 25.2 Å². The predicted octanol–water partition coefficient (Wildman–Crippen LogP) is -4.21. The van der Waals surface area contributed by atoms with Crippen LogP contribution in [0.4, 0.5) is 0 Å². The number of aliphatic hydroxyl groups is 8. The first-order valence-electron chi connectivity index (χ1n) is 25.0. The summed E-state index contributed by atoms with van der Waals surface area (Å²) in [5.41, 5.74) is 0.495. The van der Waals surface area contributed by atoms with E-state index in [1.165, 1.54) is 19.6 Å². The van der Waals surface area contributed by atoms with Crippen molar-refractivity contribution in [3.63, 3.8) is 0 Å². The van der Waals surface area contributed by atoms with Gasteiger partial charge in [0.25, 0.3) is 0 Å². The SMILES string of the molecule is C=C(C)[C@H]1[C@@H]2C[C@@]3(C)C4=CC[C@H]5C(C)(C)[C@@H](O[C@@H]6OC[C@@H](OS(=O)(=O)[O-])[C@H](O)[C@H]6O[C@@H]6O[C@H](C)[C@@H](O[C@@H]7O[C@H](CO)[C@@H](O)[C@H](O[C@@H]8OC[C@@H](O)[C@H](OC)[C@H]8O)[C@H]7O)[C@H](O)[C@H]6O)CC[C@]5(C)[C@@H]4CC[C@]13C(=O)O2.[Na+]. The van der Waals surface area contributed by atoms with Crippen LogP contribution in [0.25, 0.3) is 0 Å². The number of ether oxygens (including phenoxy) is 10. The molecule has 0 radical (unpaired) electrons. The van der Waals surface area contributed by atoms with Crippen LogP contribution in [-0.4, -0.2) is 210 Å². The van der Waals surface area contributed by atoms with Crippen LogP contribution in [0.3, 0.4) is 0 Å². The molecule has 23 nitrogen and oxygen atoms in total. The first-order valence-corrected chi connectivity index (χ1v) is 26.3. The average molecular weight is 1070 g/mol. The molecule has 4 aliphatic carbocycles. The number of carbonyl (C=O) groups excluding carboxylic acids is 1. The van der Waals surface area contributed by atoms with Crippen LogP contribution in [0.1, 0.15) is 80.1 Å². The Balaban J connectivity index is 0.00000711. The monoisotopic (exact) mass is 1070 g/mol. The molecule has 2 bridgehead atoms. The number of carbonyl (C=O) groups is 1. The van der Waals surface area contributed by atoms with Gasteiger partial charge in [-0.2, -0.15) is 0 Å². The molecule has 0 unspecified atom stereocenters. The van der Waals surface area contributed by atoms with Crippen molar-refractivity contribution < 1.29 is 140 Å². The normalized spacial score (nSPS) is 51.4. The predicted molar refractivity (Wildman–Crippen MR) is 240 cm³/mol. The topological polar surface area (TPSA) is 338 Å². The van der Waals surface area contributed by atoms with Crippen LogP contribution in [-0.2, 0) is 66.7 Å². The fraction of sp³-hybridized carbons (Fsp3) is 0.896. The summed E-state index contributed by atoms with van der Waals surface area (Å²) in [5.74, 6) is 0.0846. The van der Waals surface area contributed by atoms with Gasteiger partial charge in [-0.3, -0.25) is 8.98 Å². The molecule has 0 amide bonds. The van der Waals surface area contributed by atoms with E-state index in [9.17, 15) is 58.6 Å². The van der Waals surface area contributed by atoms with Gasteiger partial charge in [0.05, 0.1) is 37.4 Å². The molecule has 5 heterocycles. The van der Waals surface area contributed by atoms with E-state index in [4.69, 9.17) is 47.4 Å². The molecule has 26 atom stereocenters. The second kappa shape index (κ2) is 21.3. The second-order valence-corrected chi connectivity index (χ2v) is 23.7. The zero-order valence-electron chi connectivity index (χ0n) is 42.5. The summed E-state index contributed by atoms with van der Waals surface area (Å²) < 4.78 is 98.9. The Morgan fingerprint density at radius 3 is 2.11 bits per heavy atom. The Morgan fingerprint density at radius 2 is 1.45 bits per heavy atom. The molecule has 0 aromatic heterocycles.